The fourth-order valence-electron chi connectivity index (χ4n) is 11.1. The van der Waals surface area contributed by atoms with Crippen molar-refractivity contribution < 1.29 is 45.1 Å². The van der Waals surface area contributed by atoms with E-state index in [0.29, 0.717) is 96.0 Å². The van der Waals surface area contributed by atoms with Crippen LogP contribution in [0.3, 0.4) is 0 Å². The lowest BCUT2D eigenvalue weighted by atomic mass is 9.88. The third kappa shape index (κ3) is 7.70. The fourth-order valence-corrected chi connectivity index (χ4v) is 13.0. The molecule has 346 valence electrons. The number of fused-ring (bicyclic) bond motifs is 3. The predicted molar refractivity (Wildman–Crippen MR) is 241 cm³/mol. The molecule has 3 atom stereocenters. The number of amides is 2. The third-order valence-electron chi connectivity index (χ3n) is 14.4. The van der Waals surface area contributed by atoms with E-state index >= 15 is 13.2 Å². The molecule has 0 unspecified atom stereocenters. The summed E-state index contributed by atoms with van der Waals surface area (Å²) >= 11 is 14.0. The van der Waals surface area contributed by atoms with Crippen molar-refractivity contribution in [2.75, 3.05) is 33.3 Å². The second-order valence-electron chi connectivity index (χ2n) is 18.7. The van der Waals surface area contributed by atoms with Gasteiger partial charge in [-0.2, -0.15) is 18.2 Å². The second kappa shape index (κ2) is 16.1. The average Bonchev–Trinajstić information content (AvgIpc) is 3.65. The minimum atomic E-state index is -4.71. The lowest BCUT2D eigenvalue weighted by Gasteiger charge is -2.48. The lowest BCUT2D eigenvalue weighted by molar-refractivity contribution is -0.137. The number of aromatic nitrogens is 1. The normalized spacial score (nSPS) is 22.7. The number of hydrogen-bond donors (Lipinski definition) is 2. The molecule has 1 saturated carbocycles. The van der Waals surface area contributed by atoms with E-state index in [2.05, 4.69) is 19.9 Å². The molecule has 3 aliphatic carbocycles. The smallest absolute Gasteiger partial charge is 0.420 e. The average molecular weight is 965 g/mol. The summed E-state index contributed by atoms with van der Waals surface area (Å²) in [6.07, 6.45) is -0.342. The van der Waals surface area contributed by atoms with Crippen molar-refractivity contribution in [2.24, 2.45) is 5.92 Å². The van der Waals surface area contributed by atoms with Crippen LogP contribution in [0.1, 0.15) is 90.5 Å². The topological polar surface area (TPSA) is 143 Å². The molecule has 5 heterocycles. The van der Waals surface area contributed by atoms with E-state index in [4.69, 9.17) is 37.1 Å². The molecular weight excluding hydrogens is 919 g/mol. The quantitative estimate of drug-likeness (QED) is 0.132. The zero-order valence-electron chi connectivity index (χ0n) is 35.9. The highest BCUT2D eigenvalue weighted by Gasteiger charge is 2.48. The van der Waals surface area contributed by atoms with Crippen LogP contribution in [0.25, 0.3) is 33.4 Å². The van der Waals surface area contributed by atoms with Crippen molar-refractivity contribution in [2.45, 2.75) is 93.4 Å². The molecule has 18 heteroatoms. The summed E-state index contributed by atoms with van der Waals surface area (Å²) in [5.74, 6) is -0.190. The van der Waals surface area contributed by atoms with Crippen molar-refractivity contribution in [3.8, 4) is 34.2 Å². The first-order valence-electron chi connectivity index (χ1n) is 22.4. The predicted octanol–water partition coefficient (Wildman–Crippen LogP) is 8.94. The van der Waals surface area contributed by atoms with Crippen molar-refractivity contribution in [1.29, 1.82) is 0 Å². The Morgan fingerprint density at radius 2 is 1.71 bits per heavy atom. The summed E-state index contributed by atoms with van der Waals surface area (Å²) < 4.78 is 90.8. The maximum absolute atomic E-state index is 15.1. The number of carbonyl (C=O) groups is 2. The second-order valence-corrected chi connectivity index (χ2v) is 21.4. The van der Waals surface area contributed by atoms with Crippen molar-refractivity contribution >= 4 is 56.0 Å². The third-order valence-corrected chi connectivity index (χ3v) is 16.9. The highest BCUT2D eigenvalue weighted by atomic mass is 35.5. The molecule has 1 spiro atoms. The first kappa shape index (κ1) is 43.7. The number of rotatable bonds is 11. The molecule has 66 heavy (non-hydrogen) atoms. The zero-order chi connectivity index (χ0) is 45.9. The molecule has 0 bridgehead atoms. The van der Waals surface area contributed by atoms with Crippen LogP contribution in [0.5, 0.6) is 11.8 Å². The van der Waals surface area contributed by atoms with E-state index in [1.807, 2.05) is 41.3 Å². The van der Waals surface area contributed by atoms with Crippen LogP contribution < -0.4 is 19.5 Å². The lowest BCUT2D eigenvalue weighted by Crippen LogP contribution is -2.66. The van der Waals surface area contributed by atoms with Gasteiger partial charge >= 0.3 is 6.18 Å². The van der Waals surface area contributed by atoms with E-state index in [1.54, 1.807) is 25.3 Å². The fraction of sp³-hybridized carbons (Fsp3) is 0.438. The Morgan fingerprint density at radius 3 is 2.45 bits per heavy atom. The van der Waals surface area contributed by atoms with Gasteiger partial charge in [0.25, 0.3) is 0 Å². The number of furan rings is 1. The minimum Gasteiger partial charge on any atom is -0.481 e. The standard InChI is InChI=1S/C48H46Cl2F3N5O7S/c1-63-45-27(21-57-23-47(24-57)16-14-40(59)55-47)19-36(49)46(54-45)65-38-13-11-30-29(4-2-5-31(30)38)33-6-3-7-34(42(33)50)39-20-26-18-35-32(41(43(26)64-39)48(51,52)53)10-12-37(35)58-17-15-25(22-58)44(60)56-66(61,62)28-8-9-28/h2-7,18-20,25,28,37-38H,8-17,21-24H2,1H3,(H,55,59)(H,56,60)/t25-,37-,38+/m1/s1. The van der Waals surface area contributed by atoms with Gasteiger partial charge in [-0.05, 0) is 110 Å². The number of likely N-dealkylation sites (tertiary alicyclic amines) is 2. The van der Waals surface area contributed by atoms with Crippen LogP contribution in [0.2, 0.25) is 10.0 Å². The largest absolute Gasteiger partial charge is 0.481 e. The number of sulfonamides is 1. The van der Waals surface area contributed by atoms with Crippen LogP contribution in [0.15, 0.2) is 59.0 Å². The summed E-state index contributed by atoms with van der Waals surface area (Å²) in [6, 6.07) is 16.1. The van der Waals surface area contributed by atoms with Gasteiger partial charge in [0.2, 0.25) is 33.6 Å². The van der Waals surface area contributed by atoms with E-state index in [9.17, 15) is 18.0 Å². The van der Waals surface area contributed by atoms with Crippen LogP contribution in [0.4, 0.5) is 13.2 Å². The summed E-state index contributed by atoms with van der Waals surface area (Å²) in [5, 5.41) is 3.54. The molecule has 3 saturated heterocycles. The summed E-state index contributed by atoms with van der Waals surface area (Å²) in [4.78, 5) is 33.7. The Hall–Kier alpha value is -4.87. The van der Waals surface area contributed by atoms with Gasteiger partial charge in [0.05, 0.1) is 28.8 Å². The number of methoxy groups -OCH3 is 1. The van der Waals surface area contributed by atoms with Crippen LogP contribution in [-0.2, 0) is 45.2 Å². The Morgan fingerprint density at radius 1 is 0.955 bits per heavy atom. The molecule has 2 amide bonds. The molecule has 6 aliphatic rings. The number of benzene rings is 3. The molecule has 3 aliphatic heterocycles. The molecular formula is C48H46Cl2F3N5O7S. The number of pyridine rings is 1. The van der Waals surface area contributed by atoms with Gasteiger partial charge in [-0.1, -0.05) is 53.5 Å². The molecule has 3 aromatic carbocycles. The van der Waals surface area contributed by atoms with Crippen molar-refractivity contribution in [3.63, 3.8) is 0 Å². The van der Waals surface area contributed by atoms with Crippen LogP contribution >= 0.6 is 23.2 Å². The van der Waals surface area contributed by atoms with E-state index < -0.39 is 38.8 Å². The molecule has 2 aromatic heterocycles. The first-order valence-corrected chi connectivity index (χ1v) is 24.7. The number of nitrogens with zero attached hydrogens (tertiary/aromatic N) is 3. The number of carbonyl (C=O) groups excluding carboxylic acids is 2. The van der Waals surface area contributed by atoms with Crippen LogP contribution in [0, 0.1) is 5.92 Å². The Labute approximate surface area is 389 Å². The first-order chi connectivity index (χ1) is 31.6. The number of ether oxygens (including phenoxy) is 2. The monoisotopic (exact) mass is 963 g/mol. The Bertz CT molecular complexity index is 2950. The van der Waals surface area contributed by atoms with Crippen molar-refractivity contribution in [1.82, 2.24) is 24.8 Å². The number of halogens is 5. The zero-order valence-corrected chi connectivity index (χ0v) is 38.2. The van der Waals surface area contributed by atoms with Gasteiger partial charge in [0, 0.05) is 60.7 Å². The summed E-state index contributed by atoms with van der Waals surface area (Å²) in [5.41, 5.74) is 4.26. The highest BCUT2D eigenvalue weighted by Crippen LogP contribution is 2.51. The molecule has 4 fully saturated rings. The SMILES string of the molecule is COc1nc(O[C@H]2CCc3c(-c4cccc(-c5cc6cc7c(c(C(F)(F)F)c6o5)CC[C@H]7N5CC[C@@H](C(=O)NS(=O)(=O)C6CC6)C5)c4Cl)cccc32)c(Cl)cc1CN1CC2(CCC(=O)N2)C1. The molecule has 5 aromatic rings. The van der Waals surface area contributed by atoms with Gasteiger partial charge < -0.3 is 19.2 Å². The Balaban J connectivity index is 0.843. The van der Waals surface area contributed by atoms with E-state index in [-0.39, 0.29) is 59.3 Å². The number of alkyl halides is 3. The van der Waals surface area contributed by atoms with Gasteiger partial charge in [-0.15, -0.1) is 0 Å². The molecule has 11 rings (SSSR count). The summed E-state index contributed by atoms with van der Waals surface area (Å²) in [7, 11) is -2.15. The van der Waals surface area contributed by atoms with Gasteiger partial charge in [-0.3, -0.25) is 24.1 Å². The van der Waals surface area contributed by atoms with Gasteiger partial charge in [0.1, 0.15) is 28.0 Å². The van der Waals surface area contributed by atoms with Gasteiger partial charge in [0.15, 0.2) is 0 Å². The molecule has 0 radical (unpaired) electrons. The van der Waals surface area contributed by atoms with E-state index in [1.165, 1.54) is 0 Å². The number of nitrogens with one attached hydrogen (secondary N) is 2. The molecule has 12 nitrogen and oxygen atoms in total. The van der Waals surface area contributed by atoms with Crippen molar-refractivity contribution in [3.05, 3.63) is 98.0 Å². The minimum absolute atomic E-state index is 0.0919. The highest BCUT2D eigenvalue weighted by molar-refractivity contribution is 7.90. The maximum Gasteiger partial charge on any atom is 0.420 e. The van der Waals surface area contributed by atoms with Gasteiger partial charge in [-0.25, -0.2) is 8.42 Å². The maximum atomic E-state index is 15.1. The Kier molecular flexibility index (Phi) is 10.7. The van der Waals surface area contributed by atoms with E-state index in [0.717, 1.165) is 41.8 Å². The number of hydrogen-bond acceptors (Lipinski definition) is 10. The summed E-state index contributed by atoms with van der Waals surface area (Å²) in [6.45, 7) is 2.76. The van der Waals surface area contributed by atoms with Crippen LogP contribution in [-0.4, -0.2) is 79.1 Å². The molecule has 2 N–H and O–H groups in total.